The lowest BCUT2D eigenvalue weighted by Gasteiger charge is -2.35. The molecule has 1 aromatic rings. The number of nitrogens with zero attached hydrogens (tertiary/aromatic N) is 3. The molecule has 2 heterocycles. The van der Waals surface area contributed by atoms with Gasteiger partial charge in [-0.3, -0.25) is 14.5 Å². The van der Waals surface area contributed by atoms with E-state index in [0.717, 1.165) is 19.3 Å². The molecule has 2 aliphatic rings. The van der Waals surface area contributed by atoms with Crippen LogP contribution in [-0.4, -0.2) is 86.7 Å². The smallest absolute Gasteiger partial charge is 0.255 e. The van der Waals surface area contributed by atoms with Crippen LogP contribution in [0.15, 0.2) is 41.8 Å². The number of piperazine rings is 1. The van der Waals surface area contributed by atoms with E-state index in [1.807, 2.05) is 4.90 Å². The molecule has 0 unspecified atom stereocenters. The predicted octanol–water partition coefficient (Wildman–Crippen LogP) is 0.921. The van der Waals surface area contributed by atoms with Crippen molar-refractivity contribution in [2.75, 3.05) is 52.4 Å². The summed E-state index contributed by atoms with van der Waals surface area (Å²) in [7, 11) is -3.70. The molecule has 30 heavy (non-hydrogen) atoms. The predicted molar refractivity (Wildman–Crippen MR) is 115 cm³/mol. The molecule has 0 radical (unpaired) electrons. The molecule has 2 saturated heterocycles. The molecule has 1 aromatic carbocycles. The average Bonchev–Trinajstić information content (AvgIpc) is 2.78. The first-order chi connectivity index (χ1) is 14.4. The van der Waals surface area contributed by atoms with Gasteiger partial charge in [-0.25, -0.2) is 8.42 Å². The van der Waals surface area contributed by atoms with Crippen LogP contribution >= 0.6 is 0 Å². The number of rotatable bonds is 7. The Labute approximate surface area is 178 Å². The zero-order valence-electron chi connectivity index (χ0n) is 17.3. The van der Waals surface area contributed by atoms with Crippen LogP contribution in [0.5, 0.6) is 0 Å². The second kappa shape index (κ2) is 10.2. The number of piperidine rings is 1. The third-order valence-corrected chi connectivity index (χ3v) is 7.48. The fourth-order valence-corrected chi connectivity index (χ4v) is 5.54. The highest BCUT2D eigenvalue weighted by atomic mass is 32.2. The van der Waals surface area contributed by atoms with Crippen molar-refractivity contribution in [1.82, 2.24) is 19.4 Å². The van der Waals surface area contributed by atoms with Crippen LogP contribution in [0.3, 0.4) is 0 Å². The summed E-state index contributed by atoms with van der Waals surface area (Å²) < 4.78 is 27.8. The van der Waals surface area contributed by atoms with E-state index in [1.165, 1.54) is 10.4 Å². The van der Waals surface area contributed by atoms with Gasteiger partial charge < -0.3 is 10.2 Å². The van der Waals surface area contributed by atoms with E-state index in [9.17, 15) is 18.0 Å². The number of benzene rings is 1. The van der Waals surface area contributed by atoms with Gasteiger partial charge in [0.1, 0.15) is 0 Å². The molecular weight excluding hydrogens is 404 g/mol. The van der Waals surface area contributed by atoms with E-state index >= 15 is 0 Å². The van der Waals surface area contributed by atoms with E-state index in [0.29, 0.717) is 45.8 Å². The Balaban J connectivity index is 1.67. The summed E-state index contributed by atoms with van der Waals surface area (Å²) in [4.78, 5) is 28.8. The lowest BCUT2D eigenvalue weighted by Crippen LogP contribution is -2.51. The number of carbonyl (C=O) groups excluding carboxylic acids is 2. The molecule has 0 aliphatic carbocycles. The number of carbonyl (C=O) groups is 2. The lowest BCUT2D eigenvalue weighted by atomic mass is 10.2. The van der Waals surface area contributed by atoms with Gasteiger partial charge in [-0.15, -0.1) is 6.58 Å². The minimum Gasteiger partial charge on any atom is -0.352 e. The summed E-state index contributed by atoms with van der Waals surface area (Å²) >= 11 is 0. The Morgan fingerprint density at radius 1 is 1.00 bits per heavy atom. The topological polar surface area (TPSA) is 90.0 Å². The Hall–Kier alpha value is -2.23. The highest BCUT2D eigenvalue weighted by Gasteiger charge is 2.32. The summed E-state index contributed by atoms with van der Waals surface area (Å²) in [5, 5.41) is 2.74. The van der Waals surface area contributed by atoms with E-state index in [-0.39, 0.29) is 28.8 Å². The number of amides is 2. The van der Waals surface area contributed by atoms with Crippen molar-refractivity contribution < 1.29 is 18.0 Å². The Morgan fingerprint density at radius 2 is 1.67 bits per heavy atom. The molecule has 0 bridgehead atoms. The summed E-state index contributed by atoms with van der Waals surface area (Å²) in [6, 6.07) is 6.47. The largest absolute Gasteiger partial charge is 0.352 e. The molecule has 0 saturated carbocycles. The second-order valence-electron chi connectivity index (χ2n) is 7.62. The van der Waals surface area contributed by atoms with Crippen molar-refractivity contribution in [1.29, 1.82) is 0 Å². The maximum absolute atomic E-state index is 13.2. The van der Waals surface area contributed by atoms with Crippen LogP contribution in [0.2, 0.25) is 0 Å². The van der Waals surface area contributed by atoms with Gasteiger partial charge in [-0.1, -0.05) is 24.6 Å². The number of sulfonamides is 1. The van der Waals surface area contributed by atoms with Gasteiger partial charge in [-0.2, -0.15) is 4.31 Å². The summed E-state index contributed by atoms with van der Waals surface area (Å²) in [5.74, 6) is -0.352. The van der Waals surface area contributed by atoms with Crippen molar-refractivity contribution in [3.05, 3.63) is 42.5 Å². The van der Waals surface area contributed by atoms with Gasteiger partial charge in [0.2, 0.25) is 15.9 Å². The molecule has 0 spiro atoms. The molecule has 0 atom stereocenters. The number of hydrogen-bond donors (Lipinski definition) is 1. The minimum absolute atomic E-state index is 0.0763. The van der Waals surface area contributed by atoms with Crippen LogP contribution in [0.1, 0.15) is 29.6 Å². The standard InChI is InChI=1S/C21H30N4O4S/c1-2-10-22-20(26)17-23-13-15-24(16-14-23)21(27)18-8-4-5-9-19(18)30(28,29)25-11-6-3-7-12-25/h2,4-5,8-9H,1,3,6-7,10-17H2,(H,22,26). The maximum Gasteiger partial charge on any atom is 0.255 e. The quantitative estimate of drug-likeness (QED) is 0.645. The second-order valence-corrected chi connectivity index (χ2v) is 9.53. The number of hydrogen-bond acceptors (Lipinski definition) is 5. The minimum atomic E-state index is -3.70. The normalized spacial score (nSPS) is 18.7. The highest BCUT2D eigenvalue weighted by molar-refractivity contribution is 7.89. The molecule has 9 heteroatoms. The van der Waals surface area contributed by atoms with Crippen molar-refractivity contribution in [2.24, 2.45) is 0 Å². The molecular formula is C21H30N4O4S. The first-order valence-electron chi connectivity index (χ1n) is 10.4. The van der Waals surface area contributed by atoms with Crippen molar-refractivity contribution in [3.63, 3.8) is 0 Å². The zero-order valence-corrected chi connectivity index (χ0v) is 18.1. The zero-order chi connectivity index (χ0) is 21.6. The van der Waals surface area contributed by atoms with Crippen LogP contribution in [-0.2, 0) is 14.8 Å². The van der Waals surface area contributed by atoms with E-state index < -0.39 is 10.0 Å². The monoisotopic (exact) mass is 434 g/mol. The summed E-state index contributed by atoms with van der Waals surface area (Å²) in [6.07, 6.45) is 4.35. The Bertz CT molecular complexity index is 873. The SMILES string of the molecule is C=CCNC(=O)CN1CCN(C(=O)c2ccccc2S(=O)(=O)N2CCCCC2)CC1. The van der Waals surface area contributed by atoms with Crippen LogP contribution < -0.4 is 5.32 Å². The third kappa shape index (κ3) is 5.27. The fourth-order valence-electron chi connectivity index (χ4n) is 3.84. The van der Waals surface area contributed by atoms with Gasteiger partial charge >= 0.3 is 0 Å². The van der Waals surface area contributed by atoms with Gasteiger partial charge in [-0.05, 0) is 25.0 Å². The van der Waals surface area contributed by atoms with Crippen LogP contribution in [0, 0.1) is 0 Å². The van der Waals surface area contributed by atoms with Crippen LogP contribution in [0.4, 0.5) is 0 Å². The molecule has 1 N–H and O–H groups in total. The molecule has 164 valence electrons. The lowest BCUT2D eigenvalue weighted by molar-refractivity contribution is -0.122. The molecule has 8 nitrogen and oxygen atoms in total. The summed E-state index contributed by atoms with van der Waals surface area (Å²) in [5.41, 5.74) is 0.222. The number of nitrogens with one attached hydrogen (secondary N) is 1. The van der Waals surface area contributed by atoms with E-state index in [2.05, 4.69) is 11.9 Å². The summed E-state index contributed by atoms with van der Waals surface area (Å²) in [6.45, 7) is 7.30. The average molecular weight is 435 g/mol. The molecule has 0 aromatic heterocycles. The Kier molecular flexibility index (Phi) is 7.63. The van der Waals surface area contributed by atoms with E-state index in [4.69, 9.17) is 0 Å². The van der Waals surface area contributed by atoms with Crippen molar-refractivity contribution in [2.45, 2.75) is 24.2 Å². The van der Waals surface area contributed by atoms with E-state index in [1.54, 1.807) is 29.2 Å². The van der Waals surface area contributed by atoms with Crippen molar-refractivity contribution >= 4 is 21.8 Å². The molecule has 2 fully saturated rings. The fraction of sp³-hybridized carbons (Fsp3) is 0.524. The first kappa shape index (κ1) is 22.5. The van der Waals surface area contributed by atoms with Gasteiger partial charge in [0.05, 0.1) is 17.0 Å². The van der Waals surface area contributed by atoms with Gasteiger partial charge in [0.25, 0.3) is 5.91 Å². The van der Waals surface area contributed by atoms with Crippen LogP contribution in [0.25, 0.3) is 0 Å². The Morgan fingerprint density at radius 3 is 2.33 bits per heavy atom. The maximum atomic E-state index is 13.2. The highest BCUT2D eigenvalue weighted by Crippen LogP contribution is 2.25. The van der Waals surface area contributed by atoms with Gasteiger partial charge in [0, 0.05) is 45.8 Å². The molecule has 3 rings (SSSR count). The van der Waals surface area contributed by atoms with Crippen molar-refractivity contribution in [3.8, 4) is 0 Å². The first-order valence-corrected chi connectivity index (χ1v) is 11.9. The van der Waals surface area contributed by atoms with Gasteiger partial charge in [0.15, 0.2) is 0 Å². The third-order valence-electron chi connectivity index (χ3n) is 5.52. The molecule has 2 amide bonds. The molecule has 2 aliphatic heterocycles.